The predicted molar refractivity (Wildman–Crippen MR) is 97.6 cm³/mol. The van der Waals surface area contributed by atoms with E-state index in [2.05, 4.69) is 25.4 Å². The van der Waals surface area contributed by atoms with E-state index in [1.807, 2.05) is 28.9 Å². The Bertz CT molecular complexity index is 738. The standard InChI is InChI=1S/C18H27N7O/c1-23-7-6-20-16(23)13-24-8-10-25(11-9-24)18(26)14-12-21-22-17(14)15-4-2-3-5-19-15/h6-7,12,15,19H,2-5,8-11,13H2,1H3,(H,21,22). The fourth-order valence-electron chi connectivity index (χ4n) is 3.86. The SMILES string of the molecule is Cn1ccnc1CN1CCN(C(=O)c2cn[nH]c2C2CCCCN2)CC1. The molecule has 1 atom stereocenters. The summed E-state index contributed by atoms with van der Waals surface area (Å²) in [6.45, 7) is 5.05. The number of amides is 1. The van der Waals surface area contributed by atoms with Gasteiger partial charge < -0.3 is 14.8 Å². The van der Waals surface area contributed by atoms with Crippen molar-refractivity contribution in [2.75, 3.05) is 32.7 Å². The lowest BCUT2D eigenvalue weighted by Crippen LogP contribution is -2.48. The van der Waals surface area contributed by atoms with Crippen molar-refractivity contribution in [2.24, 2.45) is 7.05 Å². The summed E-state index contributed by atoms with van der Waals surface area (Å²) in [5.41, 5.74) is 1.67. The highest BCUT2D eigenvalue weighted by molar-refractivity contribution is 5.95. The first-order chi connectivity index (χ1) is 12.7. The molecule has 2 aromatic rings. The van der Waals surface area contributed by atoms with Crippen molar-refractivity contribution < 1.29 is 4.79 Å². The van der Waals surface area contributed by atoms with Crippen LogP contribution in [0, 0.1) is 0 Å². The van der Waals surface area contributed by atoms with Crippen LogP contribution in [0.1, 0.15) is 47.2 Å². The molecule has 0 bridgehead atoms. The van der Waals surface area contributed by atoms with Gasteiger partial charge >= 0.3 is 0 Å². The number of hydrogen-bond acceptors (Lipinski definition) is 5. The molecule has 2 aromatic heterocycles. The number of carbonyl (C=O) groups excluding carboxylic acids is 1. The summed E-state index contributed by atoms with van der Waals surface area (Å²) in [7, 11) is 2.02. The summed E-state index contributed by atoms with van der Waals surface area (Å²) in [6, 6.07) is 0.218. The number of aromatic nitrogens is 4. The van der Waals surface area contributed by atoms with Gasteiger partial charge in [0.25, 0.3) is 5.91 Å². The minimum Gasteiger partial charge on any atom is -0.337 e. The molecular weight excluding hydrogens is 330 g/mol. The van der Waals surface area contributed by atoms with Gasteiger partial charge in [-0.1, -0.05) is 6.42 Å². The lowest BCUT2D eigenvalue weighted by molar-refractivity contribution is 0.0622. The summed E-state index contributed by atoms with van der Waals surface area (Å²) < 4.78 is 2.05. The van der Waals surface area contributed by atoms with Gasteiger partial charge in [0.2, 0.25) is 0 Å². The smallest absolute Gasteiger partial charge is 0.257 e. The van der Waals surface area contributed by atoms with Crippen LogP contribution in [-0.2, 0) is 13.6 Å². The third-order valence-corrected chi connectivity index (χ3v) is 5.50. The Morgan fingerprint density at radius 1 is 1.27 bits per heavy atom. The molecule has 0 saturated carbocycles. The number of carbonyl (C=O) groups is 1. The first-order valence-corrected chi connectivity index (χ1v) is 9.47. The van der Waals surface area contributed by atoms with Gasteiger partial charge in [0.1, 0.15) is 5.82 Å². The van der Waals surface area contributed by atoms with Crippen LogP contribution in [0.2, 0.25) is 0 Å². The van der Waals surface area contributed by atoms with E-state index in [9.17, 15) is 4.79 Å². The van der Waals surface area contributed by atoms with Gasteiger partial charge in [-0.15, -0.1) is 0 Å². The van der Waals surface area contributed by atoms with E-state index in [-0.39, 0.29) is 11.9 Å². The molecule has 2 saturated heterocycles. The fraction of sp³-hybridized carbons (Fsp3) is 0.611. The first-order valence-electron chi connectivity index (χ1n) is 9.47. The first kappa shape index (κ1) is 17.2. The number of aromatic amines is 1. The molecule has 26 heavy (non-hydrogen) atoms. The molecule has 1 amide bonds. The molecule has 2 aliphatic heterocycles. The van der Waals surface area contributed by atoms with Gasteiger partial charge in [-0.25, -0.2) is 4.98 Å². The number of H-pyrrole nitrogens is 1. The summed E-state index contributed by atoms with van der Waals surface area (Å²) in [6.07, 6.45) is 8.93. The van der Waals surface area contributed by atoms with Crippen LogP contribution in [0.5, 0.6) is 0 Å². The van der Waals surface area contributed by atoms with Gasteiger partial charge in [0.05, 0.1) is 24.0 Å². The Labute approximate surface area is 153 Å². The third-order valence-electron chi connectivity index (χ3n) is 5.50. The van der Waals surface area contributed by atoms with Crippen LogP contribution in [0.3, 0.4) is 0 Å². The Hall–Kier alpha value is -2.19. The van der Waals surface area contributed by atoms with Crippen molar-refractivity contribution in [3.63, 3.8) is 0 Å². The summed E-state index contributed by atoms with van der Waals surface area (Å²) >= 11 is 0. The fourth-order valence-corrected chi connectivity index (χ4v) is 3.86. The van der Waals surface area contributed by atoms with Gasteiger partial charge in [-0.05, 0) is 19.4 Å². The zero-order valence-corrected chi connectivity index (χ0v) is 15.3. The zero-order valence-electron chi connectivity index (χ0n) is 15.3. The van der Waals surface area contributed by atoms with Crippen LogP contribution < -0.4 is 5.32 Å². The van der Waals surface area contributed by atoms with Crippen LogP contribution in [0.15, 0.2) is 18.6 Å². The normalized spacial score (nSPS) is 21.9. The van der Waals surface area contributed by atoms with E-state index in [0.717, 1.165) is 62.8 Å². The monoisotopic (exact) mass is 357 g/mol. The average molecular weight is 357 g/mol. The molecule has 2 aliphatic rings. The maximum Gasteiger partial charge on any atom is 0.257 e. The molecule has 140 valence electrons. The summed E-state index contributed by atoms with van der Waals surface area (Å²) in [5.74, 6) is 1.16. The maximum atomic E-state index is 13.0. The quantitative estimate of drug-likeness (QED) is 0.850. The van der Waals surface area contributed by atoms with Gasteiger partial charge in [0.15, 0.2) is 0 Å². The second-order valence-corrected chi connectivity index (χ2v) is 7.22. The minimum absolute atomic E-state index is 0.0952. The van der Waals surface area contributed by atoms with E-state index >= 15 is 0 Å². The number of aryl methyl sites for hydroxylation is 1. The second kappa shape index (κ2) is 7.59. The van der Waals surface area contributed by atoms with Crippen molar-refractivity contribution in [3.05, 3.63) is 35.7 Å². The summed E-state index contributed by atoms with van der Waals surface area (Å²) in [5, 5.41) is 10.7. The van der Waals surface area contributed by atoms with E-state index in [4.69, 9.17) is 0 Å². The average Bonchev–Trinajstić information content (AvgIpc) is 3.32. The number of imidazole rings is 1. The highest BCUT2D eigenvalue weighted by Crippen LogP contribution is 2.25. The van der Waals surface area contributed by atoms with E-state index in [1.54, 1.807) is 6.20 Å². The lowest BCUT2D eigenvalue weighted by atomic mass is 9.99. The largest absolute Gasteiger partial charge is 0.337 e. The molecule has 2 fully saturated rings. The van der Waals surface area contributed by atoms with Gasteiger partial charge in [0, 0.05) is 51.7 Å². The molecule has 4 heterocycles. The van der Waals surface area contributed by atoms with Gasteiger partial charge in [-0.3, -0.25) is 14.8 Å². The van der Waals surface area contributed by atoms with Crippen LogP contribution >= 0.6 is 0 Å². The van der Waals surface area contributed by atoms with Crippen molar-refractivity contribution in [1.29, 1.82) is 0 Å². The Morgan fingerprint density at radius 3 is 2.81 bits per heavy atom. The molecule has 0 aromatic carbocycles. The van der Waals surface area contributed by atoms with Crippen molar-refractivity contribution in [2.45, 2.75) is 31.8 Å². The van der Waals surface area contributed by atoms with E-state index in [0.29, 0.717) is 0 Å². The number of hydrogen-bond donors (Lipinski definition) is 2. The number of nitrogens with one attached hydrogen (secondary N) is 2. The molecule has 0 spiro atoms. The molecule has 2 N–H and O–H groups in total. The summed E-state index contributed by atoms with van der Waals surface area (Å²) in [4.78, 5) is 21.7. The van der Waals surface area contributed by atoms with E-state index in [1.165, 1.54) is 12.8 Å². The molecule has 8 heteroatoms. The topological polar surface area (TPSA) is 82.1 Å². The number of piperidine rings is 1. The Kier molecular flexibility index (Phi) is 5.03. The van der Waals surface area contributed by atoms with Crippen LogP contribution in [0.4, 0.5) is 0 Å². The number of rotatable bonds is 4. The van der Waals surface area contributed by atoms with Crippen LogP contribution in [-0.4, -0.2) is 68.2 Å². The molecule has 1 unspecified atom stereocenters. The van der Waals surface area contributed by atoms with Gasteiger partial charge in [-0.2, -0.15) is 5.10 Å². The number of nitrogens with zero attached hydrogens (tertiary/aromatic N) is 5. The lowest BCUT2D eigenvalue weighted by Gasteiger charge is -2.34. The Balaban J connectivity index is 1.37. The predicted octanol–water partition coefficient (Wildman–Crippen LogP) is 0.916. The Morgan fingerprint density at radius 2 is 2.12 bits per heavy atom. The highest BCUT2D eigenvalue weighted by Gasteiger charge is 2.28. The molecule has 8 nitrogen and oxygen atoms in total. The third kappa shape index (κ3) is 3.52. The maximum absolute atomic E-state index is 13.0. The number of piperazine rings is 1. The zero-order chi connectivity index (χ0) is 17.9. The molecular formula is C18H27N7O. The van der Waals surface area contributed by atoms with Crippen molar-refractivity contribution >= 4 is 5.91 Å². The molecule has 4 rings (SSSR count). The van der Waals surface area contributed by atoms with Crippen LogP contribution in [0.25, 0.3) is 0 Å². The molecule has 0 aliphatic carbocycles. The van der Waals surface area contributed by atoms with E-state index < -0.39 is 0 Å². The molecule has 0 radical (unpaired) electrons. The second-order valence-electron chi connectivity index (χ2n) is 7.22. The van der Waals surface area contributed by atoms with Crippen molar-refractivity contribution in [1.82, 2.24) is 34.9 Å². The van der Waals surface area contributed by atoms with Crippen molar-refractivity contribution in [3.8, 4) is 0 Å². The minimum atomic E-state index is 0.0952. The highest BCUT2D eigenvalue weighted by atomic mass is 16.2.